The Morgan fingerprint density at radius 1 is 1.07 bits per heavy atom. The van der Waals surface area contributed by atoms with Gasteiger partial charge in [-0.05, 0) is 43.0 Å². The first kappa shape index (κ1) is 19.5. The number of anilines is 3. The number of carbonyl (C=O) groups excluding carboxylic acids is 1. The Bertz CT molecular complexity index is 1180. The fourth-order valence-corrected chi connectivity index (χ4v) is 4.04. The number of aryl methyl sites for hydroxylation is 2. The lowest BCUT2D eigenvalue weighted by atomic mass is 10.00. The van der Waals surface area contributed by atoms with E-state index in [1.165, 1.54) is 0 Å². The van der Waals surface area contributed by atoms with Gasteiger partial charge < -0.3 is 20.4 Å². The van der Waals surface area contributed by atoms with Crippen molar-refractivity contribution in [2.75, 3.05) is 10.6 Å². The summed E-state index contributed by atoms with van der Waals surface area (Å²) in [4.78, 5) is 25.4. The van der Waals surface area contributed by atoms with Gasteiger partial charge >= 0.3 is 0 Å². The molecule has 0 saturated heterocycles. The fraction of sp³-hybridized carbons (Fsp3) is 0.318. The van der Waals surface area contributed by atoms with Gasteiger partial charge in [0.2, 0.25) is 5.43 Å². The molecule has 0 unspecified atom stereocenters. The molecule has 0 radical (unpaired) electrons. The quantitative estimate of drug-likeness (QED) is 0.518. The van der Waals surface area contributed by atoms with Crippen LogP contribution in [0.3, 0.4) is 0 Å². The maximum absolute atomic E-state index is 12.6. The molecule has 1 amide bonds. The summed E-state index contributed by atoms with van der Waals surface area (Å²) in [6.07, 6.45) is 0. The molecule has 2 aromatic carbocycles. The first-order valence-corrected chi connectivity index (χ1v) is 10.2. The molecule has 0 aliphatic carbocycles. The van der Waals surface area contributed by atoms with Crippen LogP contribution in [0.25, 0.3) is 0 Å². The molecule has 0 bridgehead atoms. The second-order valence-electron chi connectivity index (χ2n) is 7.87. The molecule has 1 atom stereocenters. The molecule has 4 rings (SSSR count). The average molecular weight is 409 g/mol. The minimum absolute atomic E-state index is 0.103. The van der Waals surface area contributed by atoms with Crippen LogP contribution in [0.1, 0.15) is 52.9 Å². The summed E-state index contributed by atoms with van der Waals surface area (Å²) < 4.78 is 5.80. The van der Waals surface area contributed by atoms with Gasteiger partial charge in [-0.2, -0.15) is 0 Å². The Morgan fingerprint density at radius 2 is 1.83 bits per heavy atom. The molecule has 6 nitrogen and oxygen atoms in total. The Morgan fingerprint density at radius 3 is 2.48 bits per heavy atom. The number of hydrogen-bond donors (Lipinski definition) is 3. The van der Waals surface area contributed by atoms with Crippen LogP contribution >= 0.6 is 8.86 Å². The van der Waals surface area contributed by atoms with E-state index in [1.807, 2.05) is 38.1 Å². The minimum atomic E-state index is -0.148. The lowest BCUT2D eigenvalue weighted by Gasteiger charge is -2.25. The van der Waals surface area contributed by atoms with Crippen molar-refractivity contribution in [3.8, 4) is 0 Å². The number of amides is 1. The molecule has 1 aliphatic rings. The van der Waals surface area contributed by atoms with Gasteiger partial charge in [0.15, 0.2) is 0 Å². The summed E-state index contributed by atoms with van der Waals surface area (Å²) in [5.74, 6) is 1.72. The van der Waals surface area contributed by atoms with Crippen LogP contribution in [0.15, 0.2) is 33.5 Å². The van der Waals surface area contributed by atoms with Gasteiger partial charge in [-0.25, -0.2) is 0 Å². The maximum atomic E-state index is 12.6. The lowest BCUT2D eigenvalue weighted by Crippen LogP contribution is -2.26. The zero-order chi connectivity index (χ0) is 20.9. The SMILES string of the molecule is Cc1ccc([C@H](Nc2c(Nc3c(C)ccc4c3C(=O)NC4)c(=P)c2=O)C(C)C)o1. The molecule has 1 aliphatic heterocycles. The van der Waals surface area contributed by atoms with E-state index in [1.54, 1.807) is 0 Å². The van der Waals surface area contributed by atoms with E-state index in [0.717, 1.165) is 28.3 Å². The number of fused-ring (bicyclic) bond motifs is 1. The van der Waals surface area contributed by atoms with Gasteiger partial charge in [0.05, 0.1) is 27.9 Å². The highest BCUT2D eigenvalue weighted by atomic mass is 31.0. The van der Waals surface area contributed by atoms with Gasteiger partial charge in [-0.3, -0.25) is 9.59 Å². The van der Waals surface area contributed by atoms with E-state index in [-0.39, 0.29) is 23.3 Å². The molecule has 0 saturated carbocycles. The second kappa shape index (κ2) is 7.20. The van der Waals surface area contributed by atoms with E-state index in [0.29, 0.717) is 28.4 Å². The van der Waals surface area contributed by atoms with Crippen LogP contribution in [0.2, 0.25) is 0 Å². The Kier molecular flexibility index (Phi) is 4.83. The third-order valence-electron chi connectivity index (χ3n) is 5.40. The van der Waals surface area contributed by atoms with Crippen molar-refractivity contribution in [1.29, 1.82) is 0 Å². The fourth-order valence-electron chi connectivity index (χ4n) is 3.73. The number of benzene rings is 1. The largest absolute Gasteiger partial charge is 0.464 e. The summed E-state index contributed by atoms with van der Waals surface area (Å²) in [5, 5.41) is 9.54. The maximum Gasteiger partial charge on any atom is 0.254 e. The Labute approximate surface area is 171 Å². The number of rotatable bonds is 6. The summed E-state index contributed by atoms with van der Waals surface area (Å²) in [6, 6.07) is 7.63. The predicted molar refractivity (Wildman–Crippen MR) is 117 cm³/mol. The molecule has 150 valence electrons. The minimum Gasteiger partial charge on any atom is -0.464 e. The summed E-state index contributed by atoms with van der Waals surface area (Å²) in [7, 11) is 3.44. The highest BCUT2D eigenvalue weighted by Crippen LogP contribution is 2.37. The van der Waals surface area contributed by atoms with Crippen molar-refractivity contribution < 1.29 is 9.21 Å². The monoisotopic (exact) mass is 409 g/mol. The van der Waals surface area contributed by atoms with Crippen molar-refractivity contribution in [3.05, 3.63) is 67.6 Å². The average Bonchev–Trinajstić information content (AvgIpc) is 3.28. The molecule has 0 fully saturated rings. The van der Waals surface area contributed by atoms with Crippen molar-refractivity contribution in [2.24, 2.45) is 5.92 Å². The van der Waals surface area contributed by atoms with Crippen LogP contribution in [0.4, 0.5) is 17.1 Å². The van der Waals surface area contributed by atoms with Crippen LogP contribution in [-0.4, -0.2) is 5.91 Å². The van der Waals surface area contributed by atoms with Crippen molar-refractivity contribution >= 4 is 31.8 Å². The molecule has 1 aromatic heterocycles. The second-order valence-corrected chi connectivity index (χ2v) is 8.37. The number of hydrogen-bond acceptors (Lipinski definition) is 5. The van der Waals surface area contributed by atoms with E-state index < -0.39 is 0 Å². The zero-order valence-electron chi connectivity index (χ0n) is 16.9. The zero-order valence-corrected chi connectivity index (χ0v) is 17.9. The van der Waals surface area contributed by atoms with E-state index in [2.05, 4.69) is 38.7 Å². The molecule has 29 heavy (non-hydrogen) atoms. The number of furan rings is 1. The predicted octanol–water partition coefficient (Wildman–Crippen LogP) is 4.60. The number of carbonyl (C=O) groups is 1. The van der Waals surface area contributed by atoms with E-state index in [4.69, 9.17) is 4.42 Å². The third kappa shape index (κ3) is 3.28. The standard InChI is InChI=1S/C22H24N3O3P/c1-10(2)16(14-8-6-12(4)28-14)24-18-19(21(29)20(18)26)25-17-11(3)5-7-13-9-23-22(27)15(13)17/h5-8,10,16,24-25,29H,9H2,1-4H3,(H,23,27)/t16-/m1/s1. The first-order chi connectivity index (χ1) is 13.8. The van der Waals surface area contributed by atoms with Crippen molar-refractivity contribution in [2.45, 2.75) is 40.3 Å². The summed E-state index contributed by atoms with van der Waals surface area (Å²) in [6.45, 7) is 8.50. The topological polar surface area (TPSA) is 83.4 Å². The van der Waals surface area contributed by atoms with Gasteiger partial charge in [0, 0.05) is 6.54 Å². The van der Waals surface area contributed by atoms with Gasteiger partial charge in [-0.1, -0.05) is 26.0 Å². The van der Waals surface area contributed by atoms with Gasteiger partial charge in [0.25, 0.3) is 5.91 Å². The Hall–Kier alpha value is -2.85. The van der Waals surface area contributed by atoms with E-state index >= 15 is 0 Å². The highest BCUT2D eigenvalue weighted by Gasteiger charge is 2.28. The van der Waals surface area contributed by atoms with Crippen LogP contribution in [-0.2, 0) is 6.54 Å². The Balaban J connectivity index is 1.70. The van der Waals surface area contributed by atoms with E-state index in [9.17, 15) is 9.59 Å². The molecule has 7 heteroatoms. The van der Waals surface area contributed by atoms with Gasteiger partial charge in [-0.15, -0.1) is 8.86 Å². The molecule has 3 aromatic rings. The normalized spacial score (nSPS) is 14.2. The first-order valence-electron chi connectivity index (χ1n) is 9.66. The summed E-state index contributed by atoms with van der Waals surface area (Å²) >= 11 is 0. The van der Waals surface area contributed by atoms with Crippen LogP contribution in [0.5, 0.6) is 0 Å². The smallest absolute Gasteiger partial charge is 0.254 e. The van der Waals surface area contributed by atoms with Gasteiger partial charge in [0.1, 0.15) is 17.2 Å². The molecule has 3 N–H and O–H groups in total. The number of nitrogens with one attached hydrogen (secondary N) is 3. The van der Waals surface area contributed by atoms with Crippen LogP contribution < -0.4 is 21.4 Å². The van der Waals surface area contributed by atoms with Crippen LogP contribution in [0, 0.1) is 24.7 Å². The lowest BCUT2D eigenvalue weighted by molar-refractivity contribution is 0.0966. The summed E-state index contributed by atoms with van der Waals surface area (Å²) in [5.41, 5.74) is 4.28. The molecular weight excluding hydrogens is 385 g/mol. The molecular formula is C22H24N3O3P. The highest BCUT2D eigenvalue weighted by molar-refractivity contribution is 7.07. The van der Waals surface area contributed by atoms with Crippen molar-refractivity contribution in [3.63, 3.8) is 0 Å². The third-order valence-corrected chi connectivity index (χ3v) is 5.88. The van der Waals surface area contributed by atoms with Crippen molar-refractivity contribution in [1.82, 2.24) is 5.32 Å². The molecule has 0 spiro atoms. The molecule has 2 heterocycles.